The van der Waals surface area contributed by atoms with Gasteiger partial charge in [0.15, 0.2) is 0 Å². The predicted octanol–water partition coefficient (Wildman–Crippen LogP) is 4.47. The van der Waals surface area contributed by atoms with Crippen molar-refractivity contribution in [2.45, 2.75) is 6.92 Å². The van der Waals surface area contributed by atoms with Crippen LogP contribution >= 0.6 is 0 Å². The van der Waals surface area contributed by atoms with E-state index in [0.717, 1.165) is 5.56 Å². The average molecular weight is 365 g/mol. The zero-order valence-electron chi connectivity index (χ0n) is 13.1. The van der Waals surface area contributed by atoms with E-state index >= 15 is 0 Å². The third kappa shape index (κ3) is 4.03. The van der Waals surface area contributed by atoms with Gasteiger partial charge in [-0.1, -0.05) is 0 Å². The third-order valence-corrected chi connectivity index (χ3v) is 6.02. The molecule has 0 bridgehead atoms. The van der Waals surface area contributed by atoms with Crippen LogP contribution in [0.3, 0.4) is 0 Å². The first-order valence-corrected chi connectivity index (χ1v) is 9.41. The molecule has 3 rings (SSSR count). The van der Waals surface area contributed by atoms with Crippen LogP contribution in [0.15, 0.2) is 66.7 Å². The Bertz CT molecular complexity index is 807. The first kappa shape index (κ1) is 15.8. The van der Waals surface area contributed by atoms with Crippen LogP contribution in [0.4, 0.5) is 0 Å². The predicted molar refractivity (Wildman–Crippen MR) is 97.6 cm³/mol. The number of hydrogen-bond donors (Lipinski definition) is 0. The van der Waals surface area contributed by atoms with Gasteiger partial charge in [-0.15, -0.1) is 0 Å². The van der Waals surface area contributed by atoms with E-state index in [1.165, 1.54) is 20.0 Å². The van der Waals surface area contributed by atoms with Crippen LogP contribution in [0.25, 0.3) is 20.0 Å². The second-order valence-electron chi connectivity index (χ2n) is 5.02. The summed E-state index contributed by atoms with van der Waals surface area (Å²) >= 11 is 0.276. The SMILES string of the molecule is CCOCC#Cc1cc(-c2ccccc2)[se]c1-c1ccccc1. The van der Waals surface area contributed by atoms with Gasteiger partial charge in [0, 0.05) is 0 Å². The minimum atomic E-state index is 0.276. The fraction of sp³-hybridized carbons (Fsp3) is 0.143. The molecule has 1 heterocycles. The van der Waals surface area contributed by atoms with Crippen molar-refractivity contribution < 1.29 is 4.74 Å². The van der Waals surface area contributed by atoms with Crippen LogP contribution in [0, 0.1) is 11.8 Å². The van der Waals surface area contributed by atoms with Crippen LogP contribution in [0.1, 0.15) is 12.5 Å². The van der Waals surface area contributed by atoms with Gasteiger partial charge in [-0.25, -0.2) is 0 Å². The standard InChI is InChI=1S/C21H18OSe/c1-2-22-15-9-14-19-16-20(17-10-5-3-6-11-17)23-21(19)18-12-7-4-8-13-18/h3-8,10-13,16H,2,15H2,1H3. The van der Waals surface area contributed by atoms with Crippen molar-refractivity contribution >= 4 is 14.5 Å². The molecule has 0 aliphatic rings. The summed E-state index contributed by atoms with van der Waals surface area (Å²) in [5.74, 6) is 6.44. The molecule has 114 valence electrons. The van der Waals surface area contributed by atoms with E-state index in [1.54, 1.807) is 0 Å². The molecule has 0 atom stereocenters. The number of benzene rings is 2. The maximum atomic E-state index is 5.33. The molecule has 1 aromatic heterocycles. The third-order valence-electron chi connectivity index (χ3n) is 3.43. The van der Waals surface area contributed by atoms with Crippen molar-refractivity contribution in [2.24, 2.45) is 0 Å². The first-order chi connectivity index (χ1) is 11.4. The van der Waals surface area contributed by atoms with E-state index in [0.29, 0.717) is 13.2 Å². The van der Waals surface area contributed by atoms with Gasteiger partial charge in [0.25, 0.3) is 0 Å². The Labute approximate surface area is 143 Å². The quantitative estimate of drug-likeness (QED) is 0.377. The summed E-state index contributed by atoms with van der Waals surface area (Å²) in [6, 6.07) is 23.4. The van der Waals surface area contributed by atoms with Crippen LogP contribution < -0.4 is 0 Å². The van der Waals surface area contributed by atoms with Crippen LogP contribution in [-0.2, 0) is 4.74 Å². The van der Waals surface area contributed by atoms with Gasteiger partial charge >= 0.3 is 144 Å². The summed E-state index contributed by atoms with van der Waals surface area (Å²) in [7, 11) is 0. The molecule has 0 saturated carbocycles. The van der Waals surface area contributed by atoms with Crippen molar-refractivity contribution in [2.75, 3.05) is 13.2 Å². The normalized spacial score (nSPS) is 10.1. The monoisotopic (exact) mass is 366 g/mol. The van der Waals surface area contributed by atoms with E-state index in [1.807, 2.05) is 6.92 Å². The summed E-state index contributed by atoms with van der Waals surface area (Å²) < 4.78 is 8.08. The van der Waals surface area contributed by atoms with Crippen molar-refractivity contribution in [3.8, 4) is 31.8 Å². The van der Waals surface area contributed by atoms with E-state index in [9.17, 15) is 0 Å². The number of rotatable bonds is 4. The minimum absolute atomic E-state index is 0.276. The molecule has 0 fully saturated rings. The van der Waals surface area contributed by atoms with E-state index in [-0.39, 0.29) is 14.5 Å². The second-order valence-corrected chi connectivity index (χ2v) is 7.23. The molecule has 0 aliphatic carbocycles. The molecule has 0 spiro atoms. The van der Waals surface area contributed by atoms with Crippen molar-refractivity contribution in [1.29, 1.82) is 0 Å². The summed E-state index contributed by atoms with van der Waals surface area (Å²) in [5.41, 5.74) is 3.70. The molecular formula is C21H18OSe. The van der Waals surface area contributed by atoms with Gasteiger partial charge in [-0.05, 0) is 0 Å². The summed E-state index contributed by atoms with van der Waals surface area (Å²) in [6.45, 7) is 3.18. The molecule has 0 aliphatic heterocycles. The molecule has 0 saturated heterocycles. The van der Waals surface area contributed by atoms with Crippen molar-refractivity contribution in [3.63, 3.8) is 0 Å². The second kappa shape index (κ2) is 7.99. The Hall–Kier alpha value is -2.04. The molecular weight excluding hydrogens is 347 g/mol. The fourth-order valence-corrected chi connectivity index (χ4v) is 4.68. The Balaban J connectivity index is 2.01. The van der Waals surface area contributed by atoms with E-state index in [2.05, 4.69) is 78.6 Å². The zero-order valence-corrected chi connectivity index (χ0v) is 14.8. The summed E-state index contributed by atoms with van der Waals surface area (Å²) in [4.78, 5) is 0. The van der Waals surface area contributed by atoms with Crippen LogP contribution in [0.5, 0.6) is 0 Å². The Morgan fingerprint density at radius 1 is 0.913 bits per heavy atom. The Kier molecular flexibility index (Phi) is 5.51. The molecule has 2 heteroatoms. The molecule has 0 radical (unpaired) electrons. The molecule has 0 amide bonds. The number of hydrogen-bond acceptors (Lipinski definition) is 1. The van der Waals surface area contributed by atoms with Gasteiger partial charge in [0.2, 0.25) is 0 Å². The van der Waals surface area contributed by atoms with Crippen molar-refractivity contribution in [3.05, 3.63) is 72.3 Å². The Morgan fingerprint density at radius 3 is 2.22 bits per heavy atom. The summed E-state index contributed by atoms with van der Waals surface area (Å²) in [6.07, 6.45) is 0. The average Bonchev–Trinajstić information content (AvgIpc) is 3.04. The maximum absolute atomic E-state index is 5.33. The van der Waals surface area contributed by atoms with Gasteiger partial charge in [-0.2, -0.15) is 0 Å². The number of ether oxygens (including phenoxy) is 1. The topological polar surface area (TPSA) is 9.23 Å². The summed E-state index contributed by atoms with van der Waals surface area (Å²) in [5, 5.41) is 0. The molecule has 2 aromatic carbocycles. The molecule has 0 N–H and O–H groups in total. The van der Waals surface area contributed by atoms with E-state index in [4.69, 9.17) is 4.74 Å². The molecule has 23 heavy (non-hydrogen) atoms. The zero-order chi connectivity index (χ0) is 15.9. The van der Waals surface area contributed by atoms with E-state index < -0.39 is 0 Å². The van der Waals surface area contributed by atoms with Crippen molar-refractivity contribution in [1.82, 2.24) is 0 Å². The molecule has 3 aromatic rings. The molecule has 1 nitrogen and oxygen atoms in total. The van der Waals surface area contributed by atoms with Gasteiger partial charge in [0.05, 0.1) is 0 Å². The molecule has 0 unspecified atom stereocenters. The van der Waals surface area contributed by atoms with Gasteiger partial charge < -0.3 is 0 Å². The fourth-order valence-electron chi connectivity index (χ4n) is 2.32. The van der Waals surface area contributed by atoms with Gasteiger partial charge in [-0.3, -0.25) is 0 Å². The Morgan fingerprint density at radius 2 is 1.57 bits per heavy atom. The van der Waals surface area contributed by atoms with Crippen LogP contribution in [0.2, 0.25) is 0 Å². The van der Waals surface area contributed by atoms with Crippen LogP contribution in [-0.4, -0.2) is 27.7 Å². The van der Waals surface area contributed by atoms with Gasteiger partial charge in [0.1, 0.15) is 0 Å². The first-order valence-electron chi connectivity index (χ1n) is 7.69.